The molecule has 0 aliphatic heterocycles. The van der Waals surface area contributed by atoms with Crippen molar-refractivity contribution in [3.8, 4) is 0 Å². The van der Waals surface area contributed by atoms with Crippen molar-refractivity contribution in [2.24, 2.45) is 0 Å². The number of carboxylic acids is 1. The number of halogens is 2. The molecule has 0 saturated heterocycles. The van der Waals surface area contributed by atoms with Crippen LogP contribution in [0.25, 0.3) is 0 Å². The molecule has 0 bridgehead atoms. The smallest absolute Gasteiger partial charge is 0.335 e. The van der Waals surface area contributed by atoms with Crippen LogP contribution >= 0.6 is 0 Å². The van der Waals surface area contributed by atoms with E-state index < -0.39 is 12.4 Å². The molecule has 1 rings (SSSR count). The lowest BCUT2D eigenvalue weighted by molar-refractivity contribution is 0.0697. The first-order valence-electron chi connectivity index (χ1n) is 4.45. The molecule has 82 valence electrons. The van der Waals surface area contributed by atoms with Crippen molar-refractivity contribution < 1.29 is 18.7 Å². The molecule has 1 aromatic carbocycles. The van der Waals surface area contributed by atoms with Crippen LogP contribution in [0.4, 0.5) is 14.5 Å². The van der Waals surface area contributed by atoms with Gasteiger partial charge in [0.05, 0.1) is 5.56 Å². The van der Waals surface area contributed by atoms with E-state index >= 15 is 0 Å². The summed E-state index contributed by atoms with van der Waals surface area (Å²) in [6.07, 6.45) is -2.54. The number of carboxylic acid groups (broad SMARTS) is 1. The van der Waals surface area contributed by atoms with Crippen LogP contribution in [0.2, 0.25) is 0 Å². The van der Waals surface area contributed by atoms with Gasteiger partial charge in [0.2, 0.25) is 6.43 Å². The zero-order valence-corrected chi connectivity index (χ0v) is 7.91. The Kier molecular flexibility index (Phi) is 4.03. The van der Waals surface area contributed by atoms with Gasteiger partial charge in [-0.25, -0.2) is 13.6 Å². The maximum atomic E-state index is 11.8. The van der Waals surface area contributed by atoms with E-state index in [2.05, 4.69) is 5.32 Å². The Morgan fingerprint density at radius 3 is 2.40 bits per heavy atom. The Morgan fingerprint density at radius 1 is 1.33 bits per heavy atom. The van der Waals surface area contributed by atoms with Crippen LogP contribution in [0.1, 0.15) is 16.8 Å². The molecule has 0 spiro atoms. The predicted molar refractivity (Wildman–Crippen MR) is 52.5 cm³/mol. The summed E-state index contributed by atoms with van der Waals surface area (Å²) >= 11 is 0. The Bertz CT molecular complexity index is 325. The minimum Gasteiger partial charge on any atom is -0.478 e. The number of hydrogen-bond acceptors (Lipinski definition) is 2. The number of rotatable bonds is 5. The van der Waals surface area contributed by atoms with Crippen LogP contribution in [0, 0.1) is 0 Å². The average molecular weight is 215 g/mol. The van der Waals surface area contributed by atoms with E-state index in [1.165, 1.54) is 12.1 Å². The molecular weight excluding hydrogens is 204 g/mol. The quantitative estimate of drug-likeness (QED) is 0.793. The highest BCUT2D eigenvalue weighted by atomic mass is 19.3. The van der Waals surface area contributed by atoms with Gasteiger partial charge in [0.15, 0.2) is 0 Å². The monoisotopic (exact) mass is 215 g/mol. The number of anilines is 1. The van der Waals surface area contributed by atoms with Crippen molar-refractivity contribution in [2.75, 3.05) is 11.9 Å². The third-order valence-electron chi connectivity index (χ3n) is 1.82. The molecule has 1 aromatic rings. The number of aromatic carboxylic acids is 1. The van der Waals surface area contributed by atoms with E-state index in [-0.39, 0.29) is 18.5 Å². The second-order valence-corrected chi connectivity index (χ2v) is 2.99. The van der Waals surface area contributed by atoms with Crippen molar-refractivity contribution >= 4 is 11.7 Å². The second kappa shape index (κ2) is 5.29. The van der Waals surface area contributed by atoms with Crippen molar-refractivity contribution in [2.45, 2.75) is 12.8 Å². The largest absolute Gasteiger partial charge is 0.478 e. The third kappa shape index (κ3) is 3.93. The molecular formula is C10H11F2NO2. The Hall–Kier alpha value is -1.65. The number of alkyl halides is 2. The molecule has 0 aliphatic carbocycles. The fourth-order valence-electron chi connectivity index (χ4n) is 1.06. The van der Waals surface area contributed by atoms with E-state index in [1.807, 2.05) is 0 Å². The first-order chi connectivity index (χ1) is 7.09. The van der Waals surface area contributed by atoms with E-state index in [9.17, 15) is 13.6 Å². The highest BCUT2D eigenvalue weighted by Crippen LogP contribution is 2.10. The van der Waals surface area contributed by atoms with E-state index in [0.29, 0.717) is 5.69 Å². The highest BCUT2D eigenvalue weighted by molar-refractivity contribution is 5.87. The van der Waals surface area contributed by atoms with E-state index in [1.54, 1.807) is 12.1 Å². The molecule has 0 heterocycles. The lowest BCUT2D eigenvalue weighted by Gasteiger charge is -2.05. The molecule has 0 amide bonds. The summed E-state index contributed by atoms with van der Waals surface area (Å²) in [4.78, 5) is 10.5. The Balaban J connectivity index is 2.46. The van der Waals surface area contributed by atoms with Crippen molar-refractivity contribution in [1.82, 2.24) is 0 Å². The molecule has 0 aromatic heterocycles. The molecule has 2 N–H and O–H groups in total. The van der Waals surface area contributed by atoms with E-state index in [0.717, 1.165) is 0 Å². The van der Waals surface area contributed by atoms with Gasteiger partial charge in [-0.05, 0) is 24.3 Å². The lowest BCUT2D eigenvalue weighted by atomic mass is 10.2. The third-order valence-corrected chi connectivity index (χ3v) is 1.82. The maximum Gasteiger partial charge on any atom is 0.335 e. The molecule has 0 atom stereocenters. The number of nitrogens with one attached hydrogen (secondary N) is 1. The van der Waals surface area contributed by atoms with Gasteiger partial charge in [-0.3, -0.25) is 0 Å². The maximum absolute atomic E-state index is 11.8. The Labute approximate surface area is 85.7 Å². The summed E-state index contributed by atoms with van der Waals surface area (Å²) in [6.45, 7) is 0.171. The van der Waals surface area contributed by atoms with Gasteiger partial charge in [0.25, 0.3) is 0 Å². The molecule has 0 unspecified atom stereocenters. The van der Waals surface area contributed by atoms with Gasteiger partial charge in [0.1, 0.15) is 0 Å². The molecule has 5 heteroatoms. The van der Waals surface area contributed by atoms with E-state index in [4.69, 9.17) is 5.11 Å². The fourth-order valence-corrected chi connectivity index (χ4v) is 1.06. The molecule has 0 fully saturated rings. The van der Waals surface area contributed by atoms with Crippen LogP contribution in [0.3, 0.4) is 0 Å². The minimum atomic E-state index is -2.32. The van der Waals surface area contributed by atoms with Gasteiger partial charge < -0.3 is 10.4 Å². The lowest BCUT2D eigenvalue weighted by Crippen LogP contribution is -2.06. The van der Waals surface area contributed by atoms with Crippen LogP contribution in [0.5, 0.6) is 0 Å². The fraction of sp³-hybridized carbons (Fsp3) is 0.300. The van der Waals surface area contributed by atoms with Gasteiger partial charge in [-0.1, -0.05) is 0 Å². The Morgan fingerprint density at radius 2 is 1.93 bits per heavy atom. The highest BCUT2D eigenvalue weighted by Gasteiger charge is 2.03. The normalized spacial score (nSPS) is 10.3. The summed E-state index contributed by atoms with van der Waals surface area (Å²) in [5.41, 5.74) is 0.815. The average Bonchev–Trinajstić information content (AvgIpc) is 2.18. The van der Waals surface area contributed by atoms with Gasteiger partial charge in [0, 0.05) is 18.7 Å². The topological polar surface area (TPSA) is 49.3 Å². The standard InChI is InChI=1S/C10H11F2NO2/c11-9(12)5-6-13-8-3-1-7(2-4-8)10(14)15/h1-4,9,13H,5-6H2,(H,14,15). The first-order valence-corrected chi connectivity index (χ1v) is 4.45. The SMILES string of the molecule is O=C(O)c1ccc(NCCC(F)F)cc1. The first kappa shape index (κ1) is 11.4. The van der Waals surface area contributed by atoms with Crippen molar-refractivity contribution in [3.63, 3.8) is 0 Å². The van der Waals surface area contributed by atoms with Crippen LogP contribution < -0.4 is 5.32 Å². The second-order valence-electron chi connectivity index (χ2n) is 2.99. The zero-order valence-electron chi connectivity index (χ0n) is 7.91. The molecule has 0 saturated carbocycles. The predicted octanol–water partition coefficient (Wildman–Crippen LogP) is 2.45. The minimum absolute atomic E-state index is 0.171. The van der Waals surface area contributed by atoms with Crippen LogP contribution in [-0.2, 0) is 0 Å². The molecule has 3 nitrogen and oxygen atoms in total. The molecule has 0 radical (unpaired) electrons. The number of benzene rings is 1. The van der Waals surface area contributed by atoms with Gasteiger partial charge >= 0.3 is 5.97 Å². The van der Waals surface area contributed by atoms with Crippen molar-refractivity contribution in [1.29, 1.82) is 0 Å². The summed E-state index contributed by atoms with van der Waals surface area (Å²) in [6, 6.07) is 5.95. The molecule has 0 aliphatic rings. The van der Waals surface area contributed by atoms with Gasteiger partial charge in [-0.15, -0.1) is 0 Å². The van der Waals surface area contributed by atoms with Crippen molar-refractivity contribution in [3.05, 3.63) is 29.8 Å². The van der Waals surface area contributed by atoms with Gasteiger partial charge in [-0.2, -0.15) is 0 Å². The van der Waals surface area contributed by atoms with Crippen LogP contribution in [-0.4, -0.2) is 24.0 Å². The summed E-state index contributed by atoms with van der Waals surface area (Å²) in [5.74, 6) is -1.01. The number of hydrogen-bond donors (Lipinski definition) is 2. The summed E-state index contributed by atoms with van der Waals surface area (Å²) < 4.78 is 23.6. The molecule has 15 heavy (non-hydrogen) atoms. The van der Waals surface area contributed by atoms with Crippen LogP contribution in [0.15, 0.2) is 24.3 Å². The zero-order chi connectivity index (χ0) is 11.3. The number of carbonyl (C=O) groups is 1. The summed E-state index contributed by atoms with van der Waals surface area (Å²) in [7, 11) is 0. The summed E-state index contributed by atoms with van der Waals surface area (Å²) in [5, 5.41) is 11.4.